The number of halogens is 1. The summed E-state index contributed by atoms with van der Waals surface area (Å²) in [6.45, 7) is 1.91. The highest BCUT2D eigenvalue weighted by Crippen LogP contribution is 2.35. The molecule has 0 saturated heterocycles. The van der Waals surface area contributed by atoms with E-state index in [9.17, 15) is 0 Å². The third-order valence-corrected chi connectivity index (χ3v) is 2.63. The summed E-state index contributed by atoms with van der Waals surface area (Å²) in [6, 6.07) is 3.62. The van der Waals surface area contributed by atoms with Crippen LogP contribution in [0.3, 0.4) is 0 Å². The Morgan fingerprint density at radius 1 is 1.29 bits per heavy atom. The van der Waals surface area contributed by atoms with Crippen LogP contribution in [0.5, 0.6) is 11.5 Å². The van der Waals surface area contributed by atoms with Crippen molar-refractivity contribution in [1.29, 1.82) is 0 Å². The minimum absolute atomic E-state index is 0.0785. The Hall–Kier alpha value is -0.740. The Morgan fingerprint density at radius 3 is 2.36 bits per heavy atom. The van der Waals surface area contributed by atoms with Crippen molar-refractivity contribution < 1.29 is 9.47 Å². The topological polar surface area (TPSA) is 44.5 Å². The number of hydrogen-bond donors (Lipinski definition) is 1. The van der Waals surface area contributed by atoms with E-state index in [1.54, 1.807) is 14.2 Å². The van der Waals surface area contributed by atoms with Gasteiger partial charge in [0.15, 0.2) is 0 Å². The molecule has 2 N–H and O–H groups in total. The maximum atomic E-state index is 5.83. The van der Waals surface area contributed by atoms with E-state index < -0.39 is 0 Å². The van der Waals surface area contributed by atoms with Crippen molar-refractivity contribution in [2.75, 3.05) is 14.2 Å². The molecule has 0 heterocycles. The van der Waals surface area contributed by atoms with E-state index in [1.165, 1.54) is 0 Å². The fraction of sp³-hybridized carbons (Fsp3) is 0.400. The molecule has 0 amide bonds. The zero-order valence-corrected chi connectivity index (χ0v) is 10.1. The van der Waals surface area contributed by atoms with Crippen LogP contribution in [0.1, 0.15) is 18.5 Å². The van der Waals surface area contributed by atoms with Crippen molar-refractivity contribution in [3.8, 4) is 11.5 Å². The lowest BCUT2D eigenvalue weighted by Crippen LogP contribution is -2.08. The Labute approximate surface area is 92.3 Å². The largest absolute Gasteiger partial charge is 0.497 e. The minimum Gasteiger partial charge on any atom is -0.497 e. The summed E-state index contributed by atoms with van der Waals surface area (Å²) in [4.78, 5) is 0. The van der Waals surface area contributed by atoms with Gasteiger partial charge < -0.3 is 15.2 Å². The van der Waals surface area contributed by atoms with E-state index in [-0.39, 0.29) is 6.04 Å². The first-order valence-corrected chi connectivity index (χ1v) is 5.06. The molecule has 1 rings (SSSR count). The molecule has 1 atom stereocenters. The van der Waals surface area contributed by atoms with Gasteiger partial charge in [0, 0.05) is 22.1 Å². The van der Waals surface area contributed by atoms with E-state index in [4.69, 9.17) is 15.2 Å². The van der Waals surface area contributed by atoms with Crippen molar-refractivity contribution in [1.82, 2.24) is 0 Å². The predicted molar refractivity (Wildman–Crippen MR) is 59.8 cm³/mol. The van der Waals surface area contributed by atoms with Crippen molar-refractivity contribution in [3.63, 3.8) is 0 Å². The molecule has 1 aromatic carbocycles. The molecule has 0 aliphatic rings. The summed E-state index contributed by atoms with van der Waals surface area (Å²) in [5, 5.41) is 0. The summed E-state index contributed by atoms with van der Waals surface area (Å²) in [5.74, 6) is 1.49. The molecule has 0 bridgehead atoms. The van der Waals surface area contributed by atoms with Gasteiger partial charge in [0.05, 0.1) is 14.2 Å². The summed E-state index contributed by atoms with van der Waals surface area (Å²) < 4.78 is 11.3. The number of hydrogen-bond acceptors (Lipinski definition) is 3. The molecule has 0 aromatic heterocycles. The van der Waals surface area contributed by atoms with Gasteiger partial charge in [0.2, 0.25) is 0 Å². The lowest BCUT2D eigenvalue weighted by atomic mass is 10.1. The van der Waals surface area contributed by atoms with Crippen LogP contribution < -0.4 is 15.2 Å². The van der Waals surface area contributed by atoms with Gasteiger partial charge in [0.1, 0.15) is 11.5 Å². The van der Waals surface area contributed by atoms with Crippen LogP contribution in [0.4, 0.5) is 0 Å². The number of benzene rings is 1. The van der Waals surface area contributed by atoms with Crippen LogP contribution >= 0.6 is 15.9 Å². The summed E-state index contributed by atoms with van der Waals surface area (Å²) in [7, 11) is 3.24. The molecule has 0 spiro atoms. The van der Waals surface area contributed by atoms with Gasteiger partial charge in [-0.3, -0.25) is 0 Å². The van der Waals surface area contributed by atoms with Gasteiger partial charge in [-0.05, 0) is 13.0 Å². The lowest BCUT2D eigenvalue weighted by molar-refractivity contribution is 0.388. The van der Waals surface area contributed by atoms with Crippen molar-refractivity contribution in [2.45, 2.75) is 13.0 Å². The Bertz CT molecular complexity index is 326. The molecule has 0 saturated carbocycles. The molecule has 0 aliphatic carbocycles. The van der Waals surface area contributed by atoms with Crippen molar-refractivity contribution in [2.24, 2.45) is 5.73 Å². The average molecular weight is 260 g/mol. The average Bonchev–Trinajstić information content (AvgIpc) is 2.15. The van der Waals surface area contributed by atoms with Crippen LogP contribution in [0.25, 0.3) is 0 Å². The van der Waals surface area contributed by atoms with Gasteiger partial charge in [-0.2, -0.15) is 0 Å². The molecule has 1 aromatic rings. The van der Waals surface area contributed by atoms with E-state index in [0.29, 0.717) is 0 Å². The Balaban J connectivity index is 3.27. The molecule has 4 heteroatoms. The monoisotopic (exact) mass is 259 g/mol. The quantitative estimate of drug-likeness (QED) is 0.908. The second-order valence-electron chi connectivity index (χ2n) is 3.01. The normalized spacial score (nSPS) is 12.4. The van der Waals surface area contributed by atoms with Crippen LogP contribution in [0, 0.1) is 0 Å². The van der Waals surface area contributed by atoms with Gasteiger partial charge in [0.25, 0.3) is 0 Å². The zero-order chi connectivity index (χ0) is 10.7. The predicted octanol–water partition coefficient (Wildman–Crippen LogP) is 2.49. The first-order valence-electron chi connectivity index (χ1n) is 4.27. The lowest BCUT2D eigenvalue weighted by Gasteiger charge is -2.15. The fourth-order valence-corrected chi connectivity index (χ4v) is 2.08. The zero-order valence-electron chi connectivity index (χ0n) is 8.50. The number of ether oxygens (including phenoxy) is 2. The third kappa shape index (κ3) is 2.19. The van der Waals surface area contributed by atoms with E-state index in [2.05, 4.69) is 15.9 Å². The molecule has 3 nitrogen and oxygen atoms in total. The molecular weight excluding hydrogens is 246 g/mol. The molecule has 0 unspecified atom stereocenters. The maximum Gasteiger partial charge on any atom is 0.128 e. The SMILES string of the molecule is COc1cc(Br)c([C@H](C)N)c(OC)c1. The van der Waals surface area contributed by atoms with Crippen molar-refractivity contribution in [3.05, 3.63) is 22.2 Å². The summed E-state index contributed by atoms with van der Waals surface area (Å²) in [6.07, 6.45) is 0. The van der Waals surface area contributed by atoms with Gasteiger partial charge >= 0.3 is 0 Å². The van der Waals surface area contributed by atoms with Crippen LogP contribution in [0.15, 0.2) is 16.6 Å². The fourth-order valence-electron chi connectivity index (χ4n) is 1.30. The third-order valence-electron chi connectivity index (χ3n) is 1.98. The second-order valence-corrected chi connectivity index (χ2v) is 3.87. The highest BCUT2D eigenvalue weighted by Gasteiger charge is 2.13. The maximum absolute atomic E-state index is 5.83. The highest BCUT2D eigenvalue weighted by atomic mass is 79.9. The smallest absolute Gasteiger partial charge is 0.128 e. The van der Waals surface area contributed by atoms with Crippen LogP contribution in [-0.2, 0) is 0 Å². The standard InChI is InChI=1S/C10H14BrNO2/c1-6(12)10-8(11)4-7(13-2)5-9(10)14-3/h4-6H,12H2,1-3H3/t6-/m0/s1. The van der Waals surface area contributed by atoms with Gasteiger partial charge in [-0.1, -0.05) is 15.9 Å². The minimum atomic E-state index is -0.0785. The van der Waals surface area contributed by atoms with Gasteiger partial charge in [-0.25, -0.2) is 0 Å². The summed E-state index contributed by atoms with van der Waals surface area (Å²) in [5.41, 5.74) is 6.78. The first kappa shape index (κ1) is 11.3. The number of methoxy groups -OCH3 is 2. The first-order chi connectivity index (χ1) is 6.60. The van der Waals surface area contributed by atoms with E-state index in [0.717, 1.165) is 21.5 Å². The summed E-state index contributed by atoms with van der Waals surface area (Å²) >= 11 is 3.44. The van der Waals surface area contributed by atoms with Gasteiger partial charge in [-0.15, -0.1) is 0 Å². The highest BCUT2D eigenvalue weighted by molar-refractivity contribution is 9.10. The molecule has 0 aliphatic heterocycles. The molecule has 0 radical (unpaired) electrons. The molecule has 14 heavy (non-hydrogen) atoms. The van der Waals surface area contributed by atoms with Crippen LogP contribution in [0.2, 0.25) is 0 Å². The molecule has 0 fully saturated rings. The Kier molecular flexibility index (Phi) is 3.77. The van der Waals surface area contributed by atoms with Crippen LogP contribution in [-0.4, -0.2) is 14.2 Å². The second kappa shape index (κ2) is 4.66. The number of nitrogens with two attached hydrogens (primary N) is 1. The van der Waals surface area contributed by atoms with Crippen molar-refractivity contribution >= 4 is 15.9 Å². The number of rotatable bonds is 3. The molecule has 78 valence electrons. The molecular formula is C10H14BrNO2. The Morgan fingerprint density at radius 2 is 1.93 bits per heavy atom. The van der Waals surface area contributed by atoms with E-state index in [1.807, 2.05) is 19.1 Å². The van der Waals surface area contributed by atoms with E-state index >= 15 is 0 Å².